The van der Waals surface area contributed by atoms with Gasteiger partial charge in [-0.3, -0.25) is 9.59 Å². The molecular weight excluding hydrogens is 530 g/mol. The lowest BCUT2D eigenvalue weighted by Crippen LogP contribution is -2.20. The second-order valence-corrected chi connectivity index (χ2v) is 11.7. The number of nitrogens with one attached hydrogen (secondary N) is 2. The second-order valence-electron chi connectivity index (χ2n) is 8.04. The van der Waals surface area contributed by atoms with Crippen LogP contribution in [0.2, 0.25) is 0 Å². The molecular formula is C22H24BrN3O5S2. The molecule has 3 aromatic rings. The molecule has 2 N–H and O–H groups in total. The van der Waals surface area contributed by atoms with E-state index in [9.17, 15) is 18.0 Å². The number of aromatic nitrogens is 1. The van der Waals surface area contributed by atoms with E-state index in [-0.39, 0.29) is 27.4 Å². The van der Waals surface area contributed by atoms with Crippen molar-refractivity contribution in [1.29, 1.82) is 0 Å². The Labute approximate surface area is 204 Å². The number of anilines is 2. The fourth-order valence-corrected chi connectivity index (χ4v) is 6.12. The van der Waals surface area contributed by atoms with Crippen LogP contribution >= 0.6 is 27.3 Å². The number of hydrogen-bond acceptors (Lipinski definition) is 7. The Morgan fingerprint density at radius 2 is 1.79 bits per heavy atom. The Morgan fingerprint density at radius 3 is 2.36 bits per heavy atom. The number of carbonyl (C=O) groups is 2. The standard InChI is InChI=1S/C22H24BrN3O5S2/c1-10(2)19(27)15-8-11(3)7-12(4)18(15)24-21(28)20-16(9-13(5)32-20)33(29,30)26-22-17(23)14(6)25-31-22/h7-10,26H,1-6H3,(H,24,28). The molecule has 176 valence electrons. The lowest BCUT2D eigenvalue weighted by Gasteiger charge is -2.16. The molecule has 0 saturated heterocycles. The van der Waals surface area contributed by atoms with Crippen LogP contribution in [0.1, 0.15) is 55.6 Å². The summed E-state index contributed by atoms with van der Waals surface area (Å²) in [6, 6.07) is 5.00. The first-order chi connectivity index (χ1) is 15.3. The lowest BCUT2D eigenvalue weighted by atomic mass is 9.95. The summed E-state index contributed by atoms with van der Waals surface area (Å²) in [6.07, 6.45) is 0. The molecule has 0 atom stereocenters. The van der Waals surface area contributed by atoms with Crippen LogP contribution in [0, 0.1) is 33.6 Å². The minimum atomic E-state index is -4.16. The zero-order chi connectivity index (χ0) is 24.7. The molecule has 0 aliphatic rings. The maximum absolute atomic E-state index is 13.3. The van der Waals surface area contributed by atoms with Crippen molar-refractivity contribution in [3.63, 3.8) is 0 Å². The Balaban J connectivity index is 2.01. The molecule has 3 rings (SSSR count). The molecule has 1 amide bonds. The smallest absolute Gasteiger partial charge is 0.267 e. The Hall–Kier alpha value is -2.50. The van der Waals surface area contributed by atoms with Crippen molar-refractivity contribution in [2.24, 2.45) is 5.92 Å². The number of thiophene rings is 1. The van der Waals surface area contributed by atoms with E-state index in [1.54, 1.807) is 40.7 Å². The quantitative estimate of drug-likeness (QED) is 0.366. The van der Waals surface area contributed by atoms with Crippen molar-refractivity contribution < 1.29 is 22.5 Å². The van der Waals surface area contributed by atoms with Crippen LogP contribution in [-0.4, -0.2) is 25.3 Å². The number of halogens is 1. The molecule has 2 aromatic heterocycles. The molecule has 0 saturated carbocycles. The van der Waals surface area contributed by atoms with Gasteiger partial charge in [0.15, 0.2) is 5.78 Å². The van der Waals surface area contributed by atoms with Gasteiger partial charge in [-0.2, -0.15) is 0 Å². The molecule has 0 aliphatic heterocycles. The zero-order valence-corrected chi connectivity index (χ0v) is 22.2. The van der Waals surface area contributed by atoms with Gasteiger partial charge in [0.1, 0.15) is 14.2 Å². The number of benzene rings is 1. The van der Waals surface area contributed by atoms with Gasteiger partial charge in [0, 0.05) is 16.4 Å². The number of amides is 1. The molecule has 2 heterocycles. The maximum atomic E-state index is 13.3. The minimum absolute atomic E-state index is 0.00437. The van der Waals surface area contributed by atoms with E-state index in [2.05, 4.69) is 31.1 Å². The highest BCUT2D eigenvalue weighted by molar-refractivity contribution is 9.10. The van der Waals surface area contributed by atoms with Crippen molar-refractivity contribution in [1.82, 2.24) is 5.16 Å². The molecule has 1 aromatic carbocycles. The highest BCUT2D eigenvalue weighted by atomic mass is 79.9. The molecule has 33 heavy (non-hydrogen) atoms. The van der Waals surface area contributed by atoms with Crippen LogP contribution in [0.3, 0.4) is 0 Å². The number of carbonyl (C=O) groups excluding carboxylic acids is 2. The van der Waals surface area contributed by atoms with Gasteiger partial charge < -0.3 is 9.84 Å². The Morgan fingerprint density at radius 1 is 1.12 bits per heavy atom. The summed E-state index contributed by atoms with van der Waals surface area (Å²) in [5.41, 5.74) is 2.85. The van der Waals surface area contributed by atoms with E-state index in [1.807, 2.05) is 13.0 Å². The molecule has 0 radical (unpaired) electrons. The number of sulfonamides is 1. The SMILES string of the molecule is Cc1cc(C)c(NC(=O)c2sc(C)cc2S(=O)(=O)Nc2onc(C)c2Br)c(C(=O)C(C)C)c1. The van der Waals surface area contributed by atoms with Crippen molar-refractivity contribution in [3.8, 4) is 0 Å². The van der Waals surface area contributed by atoms with Gasteiger partial charge in [-0.05, 0) is 66.9 Å². The topological polar surface area (TPSA) is 118 Å². The zero-order valence-electron chi connectivity index (χ0n) is 19.0. The molecule has 11 heteroatoms. The average Bonchev–Trinajstić information content (AvgIpc) is 3.27. The van der Waals surface area contributed by atoms with E-state index in [0.29, 0.717) is 31.9 Å². The first-order valence-electron chi connectivity index (χ1n) is 10.0. The monoisotopic (exact) mass is 553 g/mol. The van der Waals surface area contributed by atoms with Crippen molar-refractivity contribution >= 4 is 60.6 Å². The van der Waals surface area contributed by atoms with Crippen LogP contribution in [0.25, 0.3) is 0 Å². The van der Waals surface area contributed by atoms with Gasteiger partial charge in [-0.1, -0.05) is 25.1 Å². The van der Waals surface area contributed by atoms with Crippen LogP contribution in [0.4, 0.5) is 11.6 Å². The van der Waals surface area contributed by atoms with E-state index >= 15 is 0 Å². The molecule has 8 nitrogen and oxygen atoms in total. The summed E-state index contributed by atoms with van der Waals surface area (Å²) in [7, 11) is -4.16. The number of rotatable bonds is 7. The van der Waals surface area contributed by atoms with Crippen molar-refractivity contribution in [2.45, 2.75) is 46.4 Å². The fourth-order valence-electron chi connectivity index (χ4n) is 3.26. The average molecular weight is 554 g/mol. The number of ketones is 1. The van der Waals surface area contributed by atoms with E-state index in [1.165, 1.54) is 6.07 Å². The number of aryl methyl sites for hydroxylation is 4. The molecule has 0 fully saturated rings. The summed E-state index contributed by atoms with van der Waals surface area (Å²) in [5.74, 6) is -1.08. The third kappa shape index (κ3) is 5.20. The third-order valence-corrected chi connectivity index (χ3v) is 8.31. The normalized spacial score (nSPS) is 11.6. The summed E-state index contributed by atoms with van der Waals surface area (Å²) >= 11 is 4.27. The van der Waals surface area contributed by atoms with Crippen molar-refractivity contribution in [3.05, 3.63) is 54.8 Å². The van der Waals surface area contributed by atoms with E-state index in [0.717, 1.165) is 16.9 Å². The number of Topliss-reactive ketones (excluding diaryl/α,β-unsaturated/α-hetero) is 1. The third-order valence-electron chi connectivity index (χ3n) is 4.84. The van der Waals surface area contributed by atoms with Gasteiger partial charge >= 0.3 is 0 Å². The largest absolute Gasteiger partial charge is 0.336 e. The number of hydrogen-bond donors (Lipinski definition) is 2. The molecule has 0 unspecified atom stereocenters. The van der Waals surface area contributed by atoms with Crippen LogP contribution in [-0.2, 0) is 10.0 Å². The summed E-state index contributed by atoms with van der Waals surface area (Å²) in [4.78, 5) is 26.5. The van der Waals surface area contributed by atoms with E-state index in [4.69, 9.17) is 4.52 Å². The maximum Gasteiger partial charge on any atom is 0.267 e. The highest BCUT2D eigenvalue weighted by Gasteiger charge is 2.29. The summed E-state index contributed by atoms with van der Waals surface area (Å²) < 4.78 is 33.9. The van der Waals surface area contributed by atoms with Crippen LogP contribution < -0.4 is 10.0 Å². The van der Waals surface area contributed by atoms with Gasteiger partial charge in [-0.25, -0.2) is 13.1 Å². The molecule has 0 aliphatic carbocycles. The summed E-state index contributed by atoms with van der Waals surface area (Å²) in [5, 5.41) is 6.49. The van der Waals surface area contributed by atoms with Crippen LogP contribution in [0.5, 0.6) is 0 Å². The predicted molar refractivity (Wildman–Crippen MR) is 132 cm³/mol. The van der Waals surface area contributed by atoms with Gasteiger partial charge in [-0.15, -0.1) is 11.3 Å². The van der Waals surface area contributed by atoms with Crippen LogP contribution in [0.15, 0.2) is 32.1 Å². The van der Waals surface area contributed by atoms with Gasteiger partial charge in [0.05, 0.1) is 11.4 Å². The number of nitrogens with zero attached hydrogens (tertiary/aromatic N) is 1. The van der Waals surface area contributed by atoms with Gasteiger partial charge in [0.25, 0.3) is 21.8 Å². The second kappa shape index (κ2) is 9.40. The van der Waals surface area contributed by atoms with Crippen molar-refractivity contribution in [2.75, 3.05) is 10.0 Å². The fraction of sp³-hybridized carbons (Fsp3) is 0.318. The predicted octanol–water partition coefficient (Wildman–Crippen LogP) is 5.62. The Kier molecular flexibility index (Phi) is 7.15. The highest BCUT2D eigenvalue weighted by Crippen LogP contribution is 2.33. The minimum Gasteiger partial charge on any atom is -0.336 e. The summed E-state index contributed by atoms with van der Waals surface area (Å²) in [6.45, 7) is 10.6. The van der Waals surface area contributed by atoms with Gasteiger partial charge in [0.2, 0.25) is 0 Å². The first kappa shape index (κ1) is 25.1. The molecule has 0 bridgehead atoms. The Bertz CT molecular complexity index is 1360. The lowest BCUT2D eigenvalue weighted by molar-refractivity contribution is 0.0940. The molecule has 0 spiro atoms. The van der Waals surface area contributed by atoms with E-state index < -0.39 is 15.9 Å². The first-order valence-corrected chi connectivity index (χ1v) is 13.1.